The SMILES string of the molecule is CN=C(NCCc1nc2ccccc2[nH]1)N(C)Cc1cn(C)nc1C(C)C. The van der Waals surface area contributed by atoms with Gasteiger partial charge in [0.1, 0.15) is 5.82 Å². The first kappa shape index (κ1) is 18.9. The van der Waals surface area contributed by atoms with E-state index in [0.29, 0.717) is 5.92 Å². The van der Waals surface area contributed by atoms with E-state index in [1.165, 1.54) is 5.56 Å². The quantitative estimate of drug-likeness (QED) is 0.519. The van der Waals surface area contributed by atoms with Crippen molar-refractivity contribution in [2.24, 2.45) is 12.0 Å². The second-order valence-corrected chi connectivity index (χ2v) is 7.15. The fourth-order valence-corrected chi connectivity index (χ4v) is 3.29. The fraction of sp³-hybridized carbons (Fsp3) is 0.450. The van der Waals surface area contributed by atoms with Crippen molar-refractivity contribution >= 4 is 17.0 Å². The second kappa shape index (κ2) is 8.24. The summed E-state index contributed by atoms with van der Waals surface area (Å²) < 4.78 is 1.89. The van der Waals surface area contributed by atoms with Crippen LogP contribution < -0.4 is 5.32 Å². The molecule has 0 aliphatic heterocycles. The van der Waals surface area contributed by atoms with Crippen LogP contribution in [-0.4, -0.2) is 51.2 Å². The topological polar surface area (TPSA) is 74.1 Å². The Morgan fingerprint density at radius 3 is 2.81 bits per heavy atom. The maximum absolute atomic E-state index is 4.62. The number of hydrogen-bond donors (Lipinski definition) is 2. The number of nitrogens with one attached hydrogen (secondary N) is 2. The van der Waals surface area contributed by atoms with Crippen LogP contribution >= 0.6 is 0 Å². The lowest BCUT2D eigenvalue weighted by Gasteiger charge is -2.22. The van der Waals surface area contributed by atoms with Gasteiger partial charge in [-0.2, -0.15) is 5.10 Å². The van der Waals surface area contributed by atoms with Crippen molar-refractivity contribution in [2.75, 3.05) is 20.6 Å². The number of guanidine groups is 1. The molecule has 1 aromatic carbocycles. The van der Waals surface area contributed by atoms with E-state index in [1.54, 1.807) is 0 Å². The normalized spacial score (nSPS) is 12.1. The van der Waals surface area contributed by atoms with E-state index in [-0.39, 0.29) is 0 Å². The van der Waals surface area contributed by atoms with Crippen molar-refractivity contribution < 1.29 is 0 Å². The van der Waals surface area contributed by atoms with Gasteiger partial charge in [-0.05, 0) is 18.1 Å². The standard InChI is InChI=1S/C20H29N7/c1-14(2)19-15(13-27(5)25-19)12-26(4)20(21-3)22-11-10-18-23-16-8-6-7-9-17(16)24-18/h6-9,13-14H,10-12H2,1-5H3,(H,21,22)(H,23,24). The maximum Gasteiger partial charge on any atom is 0.193 e. The van der Waals surface area contributed by atoms with Crippen LogP contribution in [0.3, 0.4) is 0 Å². The minimum absolute atomic E-state index is 0.401. The summed E-state index contributed by atoms with van der Waals surface area (Å²) >= 11 is 0. The lowest BCUT2D eigenvalue weighted by Crippen LogP contribution is -2.39. The van der Waals surface area contributed by atoms with E-state index in [1.807, 2.05) is 50.1 Å². The molecule has 0 radical (unpaired) electrons. The summed E-state index contributed by atoms with van der Waals surface area (Å²) in [5.74, 6) is 2.25. The first-order valence-electron chi connectivity index (χ1n) is 9.35. The molecule has 0 unspecified atom stereocenters. The Kier molecular flexibility index (Phi) is 5.78. The Morgan fingerprint density at radius 2 is 2.11 bits per heavy atom. The number of aliphatic imine (C=N–C) groups is 1. The van der Waals surface area contributed by atoms with Gasteiger partial charge in [-0.1, -0.05) is 26.0 Å². The van der Waals surface area contributed by atoms with Gasteiger partial charge in [0.15, 0.2) is 5.96 Å². The Bertz CT molecular complexity index is 886. The molecule has 0 bridgehead atoms. The molecular formula is C20H29N7. The third kappa shape index (κ3) is 4.48. The molecular weight excluding hydrogens is 338 g/mol. The van der Waals surface area contributed by atoms with E-state index < -0.39 is 0 Å². The smallest absolute Gasteiger partial charge is 0.193 e. The van der Waals surface area contributed by atoms with Gasteiger partial charge in [0.05, 0.1) is 16.7 Å². The van der Waals surface area contributed by atoms with Gasteiger partial charge >= 0.3 is 0 Å². The van der Waals surface area contributed by atoms with Crippen molar-refractivity contribution in [2.45, 2.75) is 32.7 Å². The molecule has 2 aromatic heterocycles. The van der Waals surface area contributed by atoms with Crippen LogP contribution in [0.25, 0.3) is 11.0 Å². The molecule has 7 nitrogen and oxygen atoms in total. The van der Waals surface area contributed by atoms with Gasteiger partial charge < -0.3 is 15.2 Å². The number of fused-ring (bicyclic) bond motifs is 1. The monoisotopic (exact) mass is 367 g/mol. The number of aromatic nitrogens is 4. The number of nitrogens with zero attached hydrogens (tertiary/aromatic N) is 5. The summed E-state index contributed by atoms with van der Waals surface area (Å²) in [7, 11) is 5.83. The maximum atomic E-state index is 4.62. The molecule has 0 atom stereocenters. The average Bonchev–Trinajstić information content (AvgIpc) is 3.21. The van der Waals surface area contributed by atoms with Crippen LogP contribution in [0, 0.1) is 0 Å². The third-order valence-corrected chi connectivity index (χ3v) is 4.55. The highest BCUT2D eigenvalue weighted by Gasteiger charge is 2.15. The largest absolute Gasteiger partial charge is 0.356 e. The molecule has 144 valence electrons. The molecule has 2 N–H and O–H groups in total. The molecule has 27 heavy (non-hydrogen) atoms. The predicted molar refractivity (Wildman–Crippen MR) is 110 cm³/mol. The summed E-state index contributed by atoms with van der Waals surface area (Å²) in [5.41, 5.74) is 4.45. The van der Waals surface area contributed by atoms with Gasteiger partial charge in [0.2, 0.25) is 0 Å². The van der Waals surface area contributed by atoms with E-state index in [2.05, 4.69) is 50.3 Å². The highest BCUT2D eigenvalue weighted by Crippen LogP contribution is 2.18. The van der Waals surface area contributed by atoms with Crippen LogP contribution in [0.5, 0.6) is 0 Å². The van der Waals surface area contributed by atoms with Gasteiger partial charge in [0, 0.05) is 52.4 Å². The molecule has 0 amide bonds. The predicted octanol–water partition coefficient (Wildman–Crippen LogP) is 2.67. The molecule has 0 aliphatic carbocycles. The van der Waals surface area contributed by atoms with E-state index in [9.17, 15) is 0 Å². The summed E-state index contributed by atoms with van der Waals surface area (Å²) in [5, 5.41) is 8.01. The zero-order valence-electron chi connectivity index (χ0n) is 16.8. The van der Waals surface area contributed by atoms with Crippen molar-refractivity contribution in [3.05, 3.63) is 47.5 Å². The van der Waals surface area contributed by atoms with E-state index in [4.69, 9.17) is 0 Å². The van der Waals surface area contributed by atoms with Crippen LogP contribution in [0.4, 0.5) is 0 Å². The van der Waals surface area contributed by atoms with Gasteiger partial charge in [-0.15, -0.1) is 0 Å². The summed E-state index contributed by atoms with van der Waals surface area (Å²) in [6, 6.07) is 8.09. The summed E-state index contributed by atoms with van der Waals surface area (Å²) in [6.45, 7) is 5.88. The molecule has 3 aromatic rings. The average molecular weight is 368 g/mol. The van der Waals surface area contributed by atoms with Crippen LogP contribution in [0.2, 0.25) is 0 Å². The van der Waals surface area contributed by atoms with Crippen LogP contribution in [-0.2, 0) is 20.0 Å². The zero-order valence-corrected chi connectivity index (χ0v) is 16.8. The lowest BCUT2D eigenvalue weighted by atomic mass is 10.1. The number of aryl methyl sites for hydroxylation is 1. The Hall–Kier alpha value is -2.83. The molecule has 7 heteroatoms. The van der Waals surface area contributed by atoms with Crippen molar-refractivity contribution in [3.8, 4) is 0 Å². The number of imidazole rings is 1. The third-order valence-electron chi connectivity index (χ3n) is 4.55. The van der Waals surface area contributed by atoms with Crippen molar-refractivity contribution in [1.29, 1.82) is 0 Å². The Labute approximate surface area is 160 Å². The van der Waals surface area contributed by atoms with E-state index in [0.717, 1.165) is 48.0 Å². The zero-order chi connectivity index (χ0) is 19.4. The number of rotatable bonds is 6. The van der Waals surface area contributed by atoms with Gasteiger partial charge in [0.25, 0.3) is 0 Å². The number of H-pyrrole nitrogens is 1. The van der Waals surface area contributed by atoms with Crippen LogP contribution in [0.15, 0.2) is 35.5 Å². The summed E-state index contributed by atoms with van der Waals surface area (Å²) in [6.07, 6.45) is 2.90. The number of hydrogen-bond acceptors (Lipinski definition) is 3. The number of para-hydroxylation sites is 2. The molecule has 0 fully saturated rings. The first-order valence-corrected chi connectivity index (χ1v) is 9.35. The van der Waals surface area contributed by atoms with Crippen molar-refractivity contribution in [3.63, 3.8) is 0 Å². The van der Waals surface area contributed by atoms with Crippen molar-refractivity contribution in [1.82, 2.24) is 30.0 Å². The minimum atomic E-state index is 0.401. The molecule has 2 heterocycles. The van der Waals surface area contributed by atoms with Gasteiger partial charge in [-0.3, -0.25) is 9.67 Å². The van der Waals surface area contributed by atoms with E-state index >= 15 is 0 Å². The number of benzene rings is 1. The molecule has 0 saturated carbocycles. The second-order valence-electron chi connectivity index (χ2n) is 7.15. The fourth-order valence-electron chi connectivity index (χ4n) is 3.29. The van der Waals surface area contributed by atoms with Gasteiger partial charge in [-0.25, -0.2) is 4.98 Å². The highest BCUT2D eigenvalue weighted by molar-refractivity contribution is 5.79. The highest BCUT2D eigenvalue weighted by atomic mass is 15.3. The Morgan fingerprint density at radius 1 is 1.33 bits per heavy atom. The molecule has 3 rings (SSSR count). The summed E-state index contributed by atoms with van der Waals surface area (Å²) in [4.78, 5) is 14.5. The number of aromatic amines is 1. The Balaban J connectivity index is 1.58. The lowest BCUT2D eigenvalue weighted by molar-refractivity contribution is 0.473. The minimum Gasteiger partial charge on any atom is -0.356 e. The molecule has 0 aliphatic rings. The molecule has 0 saturated heterocycles. The molecule has 0 spiro atoms. The van der Waals surface area contributed by atoms with Crippen LogP contribution in [0.1, 0.15) is 36.8 Å². The first-order chi connectivity index (χ1) is 13.0.